The number of methoxy groups -OCH3 is 1. The molecule has 106 valence electrons. The van der Waals surface area contributed by atoms with Crippen LogP contribution >= 0.6 is 0 Å². The van der Waals surface area contributed by atoms with Crippen molar-refractivity contribution in [2.24, 2.45) is 11.3 Å². The van der Waals surface area contributed by atoms with E-state index in [1.54, 1.807) is 7.11 Å². The summed E-state index contributed by atoms with van der Waals surface area (Å²) < 4.78 is 5.66. The van der Waals surface area contributed by atoms with Crippen LogP contribution in [-0.2, 0) is 9.53 Å². The van der Waals surface area contributed by atoms with Gasteiger partial charge in [-0.3, -0.25) is 4.79 Å². The summed E-state index contributed by atoms with van der Waals surface area (Å²) in [7, 11) is 1.77. The SMILES string of the molecule is CO[C@H]1CCC(=O)[C@H](C)[C@]2(C)CCC1=C2C=C(C)C. The van der Waals surface area contributed by atoms with Crippen LogP contribution in [0, 0.1) is 11.3 Å². The van der Waals surface area contributed by atoms with Crippen LogP contribution in [0.4, 0.5) is 0 Å². The van der Waals surface area contributed by atoms with Crippen molar-refractivity contribution in [1.82, 2.24) is 0 Å². The largest absolute Gasteiger partial charge is 0.377 e. The average molecular weight is 262 g/mol. The molecule has 0 aromatic heterocycles. The number of fused-ring (bicyclic) bond motifs is 1. The molecule has 0 unspecified atom stereocenters. The molecule has 0 amide bonds. The van der Waals surface area contributed by atoms with E-state index >= 15 is 0 Å². The number of ether oxygens (including phenoxy) is 1. The van der Waals surface area contributed by atoms with E-state index in [-0.39, 0.29) is 17.4 Å². The van der Waals surface area contributed by atoms with Gasteiger partial charge in [-0.2, -0.15) is 0 Å². The molecule has 0 fully saturated rings. The fourth-order valence-corrected chi connectivity index (χ4v) is 3.64. The lowest BCUT2D eigenvalue weighted by atomic mass is 9.69. The molecule has 0 saturated carbocycles. The zero-order chi connectivity index (χ0) is 14.2. The van der Waals surface area contributed by atoms with Crippen LogP contribution in [0.2, 0.25) is 0 Å². The number of hydrogen-bond donors (Lipinski definition) is 0. The zero-order valence-electron chi connectivity index (χ0n) is 12.9. The van der Waals surface area contributed by atoms with Gasteiger partial charge in [0, 0.05) is 24.9 Å². The number of rotatable bonds is 2. The van der Waals surface area contributed by atoms with Crippen LogP contribution in [0.1, 0.15) is 53.4 Å². The van der Waals surface area contributed by atoms with Gasteiger partial charge in [0.15, 0.2) is 0 Å². The lowest BCUT2D eigenvalue weighted by Crippen LogP contribution is -2.33. The minimum atomic E-state index is 0.000880. The molecular formula is C17H26O2. The van der Waals surface area contributed by atoms with Crippen molar-refractivity contribution in [3.63, 3.8) is 0 Å². The second-order valence-electron chi connectivity index (χ2n) is 6.53. The van der Waals surface area contributed by atoms with E-state index in [0.29, 0.717) is 12.2 Å². The van der Waals surface area contributed by atoms with Crippen molar-refractivity contribution in [3.05, 3.63) is 22.8 Å². The molecule has 0 heterocycles. The summed E-state index contributed by atoms with van der Waals surface area (Å²) in [5, 5.41) is 0. The summed E-state index contributed by atoms with van der Waals surface area (Å²) in [6.45, 7) is 8.62. The normalized spacial score (nSPS) is 35.1. The van der Waals surface area contributed by atoms with E-state index in [2.05, 4.69) is 33.8 Å². The third-order valence-electron chi connectivity index (χ3n) is 5.07. The summed E-state index contributed by atoms with van der Waals surface area (Å²) in [6, 6.07) is 0. The maximum absolute atomic E-state index is 12.4. The molecule has 2 heteroatoms. The highest BCUT2D eigenvalue weighted by Crippen LogP contribution is 2.52. The third kappa shape index (κ3) is 2.43. The van der Waals surface area contributed by atoms with Gasteiger partial charge in [0.1, 0.15) is 5.78 Å². The Morgan fingerprint density at radius 1 is 1.37 bits per heavy atom. The highest BCUT2D eigenvalue weighted by molar-refractivity contribution is 5.82. The highest BCUT2D eigenvalue weighted by atomic mass is 16.5. The van der Waals surface area contributed by atoms with Gasteiger partial charge in [-0.15, -0.1) is 0 Å². The summed E-state index contributed by atoms with van der Waals surface area (Å²) >= 11 is 0. The molecule has 2 aliphatic carbocycles. The number of ketones is 1. The van der Waals surface area contributed by atoms with Gasteiger partial charge in [0.25, 0.3) is 0 Å². The molecule has 3 atom stereocenters. The number of carbonyl (C=O) groups is 1. The standard InChI is InChI=1S/C17H26O2/c1-11(2)10-14-13-8-9-17(14,4)12(3)15(18)6-7-16(13)19-5/h10,12,16H,6-9H2,1-5H3/t12-,16-,17-/m0/s1. The van der Waals surface area contributed by atoms with Crippen molar-refractivity contribution < 1.29 is 9.53 Å². The second kappa shape index (κ2) is 5.24. The van der Waals surface area contributed by atoms with Crippen LogP contribution in [-0.4, -0.2) is 19.0 Å². The van der Waals surface area contributed by atoms with Crippen LogP contribution in [0.25, 0.3) is 0 Å². The molecule has 0 spiro atoms. The molecule has 2 nitrogen and oxygen atoms in total. The van der Waals surface area contributed by atoms with Gasteiger partial charge in [0.05, 0.1) is 6.10 Å². The minimum Gasteiger partial charge on any atom is -0.377 e. The Hall–Kier alpha value is -0.890. The lowest BCUT2D eigenvalue weighted by molar-refractivity contribution is -0.125. The molecule has 2 aliphatic rings. The van der Waals surface area contributed by atoms with Gasteiger partial charge in [-0.05, 0) is 44.3 Å². The average Bonchev–Trinajstić information content (AvgIpc) is 2.69. The molecule has 19 heavy (non-hydrogen) atoms. The Bertz CT molecular complexity index is 440. The molecule has 2 rings (SSSR count). The first-order valence-corrected chi connectivity index (χ1v) is 7.34. The van der Waals surface area contributed by atoms with Gasteiger partial charge in [0.2, 0.25) is 0 Å². The van der Waals surface area contributed by atoms with Crippen LogP contribution < -0.4 is 0 Å². The Morgan fingerprint density at radius 2 is 2.05 bits per heavy atom. The Morgan fingerprint density at radius 3 is 2.63 bits per heavy atom. The quantitative estimate of drug-likeness (QED) is 0.750. The molecule has 0 saturated heterocycles. The van der Waals surface area contributed by atoms with E-state index in [0.717, 1.165) is 19.3 Å². The predicted octanol–water partition coefficient (Wildman–Crippen LogP) is 4.06. The summed E-state index contributed by atoms with van der Waals surface area (Å²) in [5.74, 6) is 0.513. The summed E-state index contributed by atoms with van der Waals surface area (Å²) in [6.07, 6.45) is 6.05. The molecular weight excluding hydrogens is 236 g/mol. The molecule has 0 aromatic rings. The fourth-order valence-electron chi connectivity index (χ4n) is 3.64. The van der Waals surface area contributed by atoms with Crippen molar-refractivity contribution in [3.8, 4) is 0 Å². The van der Waals surface area contributed by atoms with E-state index < -0.39 is 0 Å². The molecule has 0 radical (unpaired) electrons. The number of Topliss-reactive ketones (excluding diaryl/α,β-unsaturated/α-hetero) is 1. The maximum atomic E-state index is 12.4. The summed E-state index contributed by atoms with van der Waals surface area (Å²) in [4.78, 5) is 12.4. The van der Waals surface area contributed by atoms with E-state index in [4.69, 9.17) is 4.74 Å². The van der Waals surface area contributed by atoms with E-state index in [1.807, 2.05) is 0 Å². The number of allylic oxidation sites excluding steroid dienone is 3. The highest BCUT2D eigenvalue weighted by Gasteiger charge is 2.45. The molecule has 0 aromatic carbocycles. The third-order valence-corrected chi connectivity index (χ3v) is 5.07. The van der Waals surface area contributed by atoms with Crippen LogP contribution in [0.3, 0.4) is 0 Å². The summed E-state index contributed by atoms with van der Waals surface area (Å²) in [5.41, 5.74) is 4.11. The molecule has 0 aliphatic heterocycles. The van der Waals surface area contributed by atoms with Gasteiger partial charge < -0.3 is 4.74 Å². The second-order valence-corrected chi connectivity index (χ2v) is 6.53. The minimum absolute atomic E-state index is 0.000880. The monoisotopic (exact) mass is 262 g/mol. The fraction of sp³-hybridized carbons (Fsp3) is 0.706. The van der Waals surface area contributed by atoms with Crippen molar-refractivity contribution in [2.45, 2.75) is 59.5 Å². The smallest absolute Gasteiger partial charge is 0.136 e. The first-order valence-electron chi connectivity index (χ1n) is 7.34. The Balaban J connectivity index is 2.56. The van der Waals surface area contributed by atoms with Gasteiger partial charge >= 0.3 is 0 Å². The lowest BCUT2D eigenvalue weighted by Gasteiger charge is -2.35. The Labute approximate surface area is 116 Å². The van der Waals surface area contributed by atoms with Crippen LogP contribution in [0.5, 0.6) is 0 Å². The van der Waals surface area contributed by atoms with E-state index in [1.165, 1.54) is 16.7 Å². The first-order chi connectivity index (χ1) is 8.90. The zero-order valence-corrected chi connectivity index (χ0v) is 12.9. The van der Waals surface area contributed by atoms with E-state index in [9.17, 15) is 4.79 Å². The van der Waals surface area contributed by atoms with Gasteiger partial charge in [-0.25, -0.2) is 0 Å². The maximum Gasteiger partial charge on any atom is 0.136 e. The Kier molecular flexibility index (Phi) is 4.00. The topological polar surface area (TPSA) is 26.3 Å². The predicted molar refractivity (Wildman–Crippen MR) is 78.0 cm³/mol. The van der Waals surface area contributed by atoms with Crippen LogP contribution in [0.15, 0.2) is 22.8 Å². The van der Waals surface area contributed by atoms with Crippen molar-refractivity contribution >= 4 is 5.78 Å². The number of carbonyl (C=O) groups excluding carboxylic acids is 1. The number of hydrogen-bond acceptors (Lipinski definition) is 2. The first kappa shape index (κ1) is 14.5. The molecule has 2 bridgehead atoms. The van der Waals surface area contributed by atoms with Crippen molar-refractivity contribution in [1.29, 1.82) is 0 Å². The van der Waals surface area contributed by atoms with Crippen molar-refractivity contribution in [2.75, 3.05) is 7.11 Å². The van der Waals surface area contributed by atoms with Gasteiger partial charge in [-0.1, -0.05) is 25.5 Å². The molecule has 0 N–H and O–H groups in total.